The molecule has 2 fully saturated rings. The molecule has 0 bridgehead atoms. The van der Waals surface area contributed by atoms with E-state index in [1.807, 2.05) is 0 Å². The third kappa shape index (κ3) is 2.43. The van der Waals surface area contributed by atoms with Gasteiger partial charge in [-0.3, -0.25) is 4.90 Å². The van der Waals surface area contributed by atoms with Gasteiger partial charge in [-0.2, -0.15) is 0 Å². The largest absolute Gasteiger partial charge is 0.309 e. The topological polar surface area (TPSA) is 15.3 Å². The van der Waals surface area contributed by atoms with Crippen LogP contribution in [0.1, 0.15) is 40.0 Å². The summed E-state index contributed by atoms with van der Waals surface area (Å²) in [5, 5.41) is 3.33. The van der Waals surface area contributed by atoms with E-state index in [4.69, 9.17) is 0 Å². The summed E-state index contributed by atoms with van der Waals surface area (Å²) in [4.78, 5) is 2.68. The zero-order valence-electron chi connectivity index (χ0n) is 10.3. The van der Waals surface area contributed by atoms with Crippen LogP contribution in [0.2, 0.25) is 0 Å². The van der Waals surface area contributed by atoms with Crippen molar-refractivity contribution in [3.05, 3.63) is 11.1 Å². The minimum absolute atomic E-state index is 0.775. The summed E-state index contributed by atoms with van der Waals surface area (Å²) in [6.07, 6.45) is 4.17. The van der Waals surface area contributed by atoms with Crippen molar-refractivity contribution in [3.63, 3.8) is 0 Å². The molecule has 2 rings (SSSR count). The summed E-state index contributed by atoms with van der Waals surface area (Å²) in [6, 6.07) is 1.55. The molecule has 0 aromatic rings. The third-order valence-corrected chi connectivity index (χ3v) is 4.08. The second kappa shape index (κ2) is 4.67. The van der Waals surface area contributed by atoms with Crippen LogP contribution in [0.4, 0.5) is 0 Å². The highest BCUT2D eigenvalue weighted by Gasteiger charge is 2.25. The normalized spacial score (nSPS) is 32.6. The van der Waals surface area contributed by atoms with Gasteiger partial charge in [0.2, 0.25) is 0 Å². The van der Waals surface area contributed by atoms with Crippen molar-refractivity contribution in [2.45, 2.75) is 52.1 Å². The molecule has 15 heavy (non-hydrogen) atoms. The van der Waals surface area contributed by atoms with Crippen LogP contribution in [0.15, 0.2) is 11.1 Å². The Balaban J connectivity index is 1.96. The number of rotatable bonds is 2. The zero-order chi connectivity index (χ0) is 10.8. The van der Waals surface area contributed by atoms with Crippen LogP contribution in [-0.4, -0.2) is 36.6 Å². The Hall–Kier alpha value is -0.340. The summed E-state index contributed by atoms with van der Waals surface area (Å²) in [6.45, 7) is 10.5. The van der Waals surface area contributed by atoms with Gasteiger partial charge in [-0.05, 0) is 39.2 Å². The zero-order valence-corrected chi connectivity index (χ0v) is 10.3. The third-order valence-electron chi connectivity index (χ3n) is 4.08. The molecule has 0 aromatic carbocycles. The average Bonchev–Trinajstić information content (AvgIpc) is 2.08. The predicted octanol–water partition coefficient (Wildman–Crippen LogP) is 2.17. The van der Waals surface area contributed by atoms with Crippen molar-refractivity contribution in [2.24, 2.45) is 0 Å². The van der Waals surface area contributed by atoms with Crippen molar-refractivity contribution < 1.29 is 0 Å². The summed E-state index contributed by atoms with van der Waals surface area (Å²) in [7, 11) is 0. The predicted molar refractivity (Wildman–Crippen MR) is 65.1 cm³/mol. The van der Waals surface area contributed by atoms with E-state index >= 15 is 0 Å². The van der Waals surface area contributed by atoms with Gasteiger partial charge in [0.15, 0.2) is 0 Å². The Morgan fingerprint density at radius 2 is 1.87 bits per heavy atom. The van der Waals surface area contributed by atoms with Crippen LogP contribution in [0.3, 0.4) is 0 Å². The van der Waals surface area contributed by atoms with Crippen molar-refractivity contribution in [1.29, 1.82) is 0 Å². The maximum atomic E-state index is 3.33. The van der Waals surface area contributed by atoms with Gasteiger partial charge in [-0.15, -0.1) is 0 Å². The number of nitrogens with zero attached hydrogens (tertiary/aromatic N) is 1. The number of hydrogen-bond acceptors (Lipinski definition) is 2. The maximum absolute atomic E-state index is 3.33. The first-order valence-electron chi connectivity index (χ1n) is 6.32. The fourth-order valence-corrected chi connectivity index (χ4v) is 2.72. The number of hydrogen-bond donors (Lipinski definition) is 1. The quantitative estimate of drug-likeness (QED) is 0.700. The summed E-state index contributed by atoms with van der Waals surface area (Å²) in [5.74, 6) is 0. The molecule has 2 saturated heterocycles. The van der Waals surface area contributed by atoms with Gasteiger partial charge < -0.3 is 5.32 Å². The molecular weight excluding hydrogens is 184 g/mol. The van der Waals surface area contributed by atoms with E-state index in [1.54, 1.807) is 11.1 Å². The molecule has 1 N–H and O–H groups in total. The van der Waals surface area contributed by atoms with E-state index in [9.17, 15) is 0 Å². The molecule has 0 aliphatic carbocycles. The number of nitrogens with one attached hydrogen (secondary N) is 1. The minimum atomic E-state index is 0.775. The standard InChI is InChI=1S/C13H24N2/c1-10(13-7-14-8-13)9-15-11(2)5-4-6-12(15)3/h11-12,14H,4-9H2,1-3H3. The van der Waals surface area contributed by atoms with Crippen molar-refractivity contribution in [3.8, 4) is 0 Å². The molecule has 0 spiro atoms. The lowest BCUT2D eigenvalue weighted by molar-refractivity contribution is 0.115. The van der Waals surface area contributed by atoms with Gasteiger partial charge in [-0.25, -0.2) is 0 Å². The maximum Gasteiger partial charge on any atom is 0.0199 e. The van der Waals surface area contributed by atoms with E-state index in [-0.39, 0.29) is 0 Å². The average molecular weight is 208 g/mol. The van der Waals surface area contributed by atoms with Crippen molar-refractivity contribution in [2.75, 3.05) is 19.6 Å². The molecule has 2 heteroatoms. The minimum Gasteiger partial charge on any atom is -0.309 e. The van der Waals surface area contributed by atoms with Gasteiger partial charge in [-0.1, -0.05) is 12.0 Å². The van der Waals surface area contributed by atoms with Crippen molar-refractivity contribution in [1.82, 2.24) is 10.2 Å². The van der Waals surface area contributed by atoms with Crippen LogP contribution >= 0.6 is 0 Å². The molecule has 0 radical (unpaired) electrons. The van der Waals surface area contributed by atoms with Crippen molar-refractivity contribution >= 4 is 0 Å². The van der Waals surface area contributed by atoms with Crippen LogP contribution in [-0.2, 0) is 0 Å². The first-order chi connectivity index (χ1) is 7.18. The van der Waals surface area contributed by atoms with Gasteiger partial charge >= 0.3 is 0 Å². The van der Waals surface area contributed by atoms with Gasteiger partial charge in [0.1, 0.15) is 0 Å². The first kappa shape index (κ1) is 11.2. The SMILES string of the molecule is CC(CN1C(C)CCCC1C)=C1CNC1. The lowest BCUT2D eigenvalue weighted by Crippen LogP contribution is -2.45. The lowest BCUT2D eigenvalue weighted by atomic mass is 9.95. The van der Waals surface area contributed by atoms with E-state index in [0.717, 1.165) is 25.2 Å². The summed E-state index contributed by atoms with van der Waals surface area (Å²) < 4.78 is 0. The molecule has 2 atom stereocenters. The summed E-state index contributed by atoms with van der Waals surface area (Å²) in [5.41, 5.74) is 3.24. The Bertz CT molecular complexity index is 241. The molecule has 2 nitrogen and oxygen atoms in total. The Morgan fingerprint density at radius 3 is 2.33 bits per heavy atom. The van der Waals surface area contributed by atoms with Gasteiger partial charge in [0.25, 0.3) is 0 Å². The molecular formula is C13H24N2. The molecule has 0 aromatic heterocycles. The van der Waals surface area contributed by atoms with Crippen LogP contribution in [0.25, 0.3) is 0 Å². The number of likely N-dealkylation sites (tertiary alicyclic amines) is 1. The molecule has 2 unspecified atom stereocenters. The molecule has 2 aliphatic heterocycles. The number of piperidine rings is 1. The van der Waals surface area contributed by atoms with Gasteiger partial charge in [0, 0.05) is 31.7 Å². The van der Waals surface area contributed by atoms with Crippen LogP contribution < -0.4 is 5.32 Å². The lowest BCUT2D eigenvalue weighted by Gasteiger charge is -2.40. The fraction of sp³-hybridized carbons (Fsp3) is 0.846. The highest BCUT2D eigenvalue weighted by molar-refractivity contribution is 5.22. The Kier molecular flexibility index (Phi) is 3.47. The van der Waals surface area contributed by atoms with E-state index in [0.29, 0.717) is 0 Å². The highest BCUT2D eigenvalue weighted by atomic mass is 15.2. The Morgan fingerprint density at radius 1 is 1.27 bits per heavy atom. The van der Waals surface area contributed by atoms with Gasteiger partial charge in [0.05, 0.1) is 0 Å². The molecule has 2 heterocycles. The van der Waals surface area contributed by atoms with Crippen LogP contribution in [0.5, 0.6) is 0 Å². The van der Waals surface area contributed by atoms with E-state index in [1.165, 1.54) is 25.8 Å². The smallest absolute Gasteiger partial charge is 0.0199 e. The second-order valence-electron chi connectivity index (χ2n) is 5.29. The molecule has 0 saturated carbocycles. The van der Waals surface area contributed by atoms with E-state index < -0.39 is 0 Å². The fourth-order valence-electron chi connectivity index (χ4n) is 2.72. The highest BCUT2D eigenvalue weighted by Crippen LogP contribution is 2.24. The molecule has 2 aliphatic rings. The Labute approximate surface area is 93.7 Å². The molecule has 86 valence electrons. The van der Waals surface area contributed by atoms with E-state index in [2.05, 4.69) is 31.0 Å². The van der Waals surface area contributed by atoms with Crippen LogP contribution in [0, 0.1) is 0 Å². The summed E-state index contributed by atoms with van der Waals surface area (Å²) >= 11 is 0. The first-order valence-corrected chi connectivity index (χ1v) is 6.32. The molecule has 0 amide bonds. The second-order valence-corrected chi connectivity index (χ2v) is 5.29. The monoisotopic (exact) mass is 208 g/mol.